The van der Waals surface area contributed by atoms with E-state index in [4.69, 9.17) is 0 Å². The number of anilines is 1. The van der Waals surface area contributed by atoms with Gasteiger partial charge in [0.2, 0.25) is 11.1 Å². The van der Waals surface area contributed by atoms with Crippen LogP contribution >= 0.6 is 11.8 Å². The Bertz CT molecular complexity index is 658. The van der Waals surface area contributed by atoms with Crippen molar-refractivity contribution in [1.29, 1.82) is 0 Å². The molecule has 3 rings (SSSR count). The lowest BCUT2D eigenvalue weighted by Crippen LogP contribution is -2.23. The van der Waals surface area contributed by atoms with Crippen LogP contribution < -0.4 is 5.32 Å². The molecule has 1 aromatic heterocycles. The average molecular weight is 307 g/mol. The normalized spacial score (nSPS) is 15.7. The number of carbonyl (C=O) groups excluding carboxylic acids is 1. The molecule has 1 saturated carbocycles. The number of amides is 1. The highest BCUT2D eigenvalue weighted by Crippen LogP contribution is 2.37. The van der Waals surface area contributed by atoms with E-state index in [0.29, 0.717) is 16.9 Å². The summed E-state index contributed by atoms with van der Waals surface area (Å²) in [6.45, 7) is 1.77. The number of halogens is 1. The second kappa shape index (κ2) is 5.80. The molecule has 1 amide bonds. The van der Waals surface area contributed by atoms with Crippen LogP contribution in [0.1, 0.15) is 25.8 Å². The van der Waals surface area contributed by atoms with E-state index in [1.54, 1.807) is 23.7 Å². The summed E-state index contributed by atoms with van der Waals surface area (Å²) < 4.78 is 14.8. The summed E-state index contributed by atoms with van der Waals surface area (Å²) in [6.07, 6.45) is 2.14. The van der Waals surface area contributed by atoms with Crippen LogP contribution in [0.5, 0.6) is 0 Å². The Morgan fingerprint density at radius 2 is 2.33 bits per heavy atom. The molecule has 1 fully saturated rings. The first-order valence-corrected chi connectivity index (χ1v) is 7.52. The molecule has 1 aliphatic rings. The molecule has 0 aliphatic heterocycles. The number of carbonyl (C=O) groups is 1. The largest absolute Gasteiger partial charge is 0.325 e. The highest BCUT2D eigenvalue weighted by Gasteiger charge is 2.29. The summed E-state index contributed by atoms with van der Waals surface area (Å²) in [7, 11) is 0. The van der Waals surface area contributed by atoms with Gasteiger partial charge in [-0.05, 0) is 48.4 Å². The van der Waals surface area contributed by atoms with Crippen molar-refractivity contribution in [1.82, 2.24) is 20.2 Å². The summed E-state index contributed by atoms with van der Waals surface area (Å²) >= 11 is 1.30. The number of nitrogens with one attached hydrogen (secondary N) is 1. The van der Waals surface area contributed by atoms with Crippen molar-refractivity contribution < 1.29 is 9.18 Å². The van der Waals surface area contributed by atoms with Gasteiger partial charge in [0.25, 0.3) is 0 Å². The quantitative estimate of drug-likeness (QED) is 0.858. The Hall–Kier alpha value is -1.96. The minimum Gasteiger partial charge on any atom is -0.325 e. The molecule has 1 aliphatic carbocycles. The van der Waals surface area contributed by atoms with Crippen LogP contribution in [-0.4, -0.2) is 31.4 Å². The molecule has 2 aromatic rings. The summed E-state index contributed by atoms with van der Waals surface area (Å²) in [4.78, 5) is 12.1. The van der Waals surface area contributed by atoms with Gasteiger partial charge in [0, 0.05) is 5.69 Å². The number of hydrogen-bond acceptors (Lipinski definition) is 5. The summed E-state index contributed by atoms with van der Waals surface area (Å²) in [5.41, 5.74) is 0.439. The second-order valence-corrected chi connectivity index (χ2v) is 6.20. The minimum absolute atomic E-state index is 0.212. The van der Waals surface area contributed by atoms with Gasteiger partial charge >= 0.3 is 0 Å². The van der Waals surface area contributed by atoms with Crippen molar-refractivity contribution in [3.63, 3.8) is 0 Å². The van der Waals surface area contributed by atoms with Gasteiger partial charge < -0.3 is 5.32 Å². The standard InChI is InChI=1S/C13H14FN5OS/c1-8(12(20)15-10-4-2-3-9(14)7-10)21-13-16-17-18-19(13)11-5-6-11/h2-4,7-8,11H,5-6H2,1H3,(H,15,20). The van der Waals surface area contributed by atoms with Crippen molar-refractivity contribution in [3.8, 4) is 0 Å². The van der Waals surface area contributed by atoms with Crippen LogP contribution in [0.25, 0.3) is 0 Å². The topological polar surface area (TPSA) is 72.7 Å². The summed E-state index contributed by atoms with van der Waals surface area (Å²) in [6, 6.07) is 6.17. The van der Waals surface area contributed by atoms with Crippen molar-refractivity contribution >= 4 is 23.4 Å². The van der Waals surface area contributed by atoms with E-state index in [9.17, 15) is 9.18 Å². The summed E-state index contributed by atoms with van der Waals surface area (Å²) in [5.74, 6) is -0.596. The van der Waals surface area contributed by atoms with Gasteiger partial charge in [-0.1, -0.05) is 17.8 Å². The maximum Gasteiger partial charge on any atom is 0.237 e. The zero-order valence-corrected chi connectivity index (χ0v) is 12.2. The van der Waals surface area contributed by atoms with E-state index in [2.05, 4.69) is 20.8 Å². The van der Waals surface area contributed by atoms with Crippen molar-refractivity contribution in [2.45, 2.75) is 36.2 Å². The van der Waals surface area contributed by atoms with Crippen LogP contribution in [-0.2, 0) is 4.79 Å². The maximum absolute atomic E-state index is 13.1. The van der Waals surface area contributed by atoms with Gasteiger partial charge in [0.15, 0.2) is 0 Å². The lowest BCUT2D eigenvalue weighted by atomic mass is 10.3. The van der Waals surface area contributed by atoms with Gasteiger partial charge in [-0.3, -0.25) is 4.79 Å². The Balaban J connectivity index is 1.63. The Morgan fingerprint density at radius 1 is 1.52 bits per heavy atom. The molecule has 21 heavy (non-hydrogen) atoms. The molecular formula is C13H14FN5OS. The van der Waals surface area contributed by atoms with E-state index < -0.39 is 0 Å². The number of thioether (sulfide) groups is 1. The van der Waals surface area contributed by atoms with Crippen molar-refractivity contribution in [2.24, 2.45) is 0 Å². The van der Waals surface area contributed by atoms with E-state index in [1.807, 2.05) is 0 Å². The smallest absolute Gasteiger partial charge is 0.237 e. The van der Waals surface area contributed by atoms with E-state index >= 15 is 0 Å². The Kier molecular flexibility index (Phi) is 3.87. The first kappa shape index (κ1) is 14.0. The fourth-order valence-corrected chi connectivity index (χ4v) is 2.69. The number of tetrazole rings is 1. The minimum atomic E-state index is -0.384. The fourth-order valence-electron chi connectivity index (χ4n) is 1.83. The number of hydrogen-bond donors (Lipinski definition) is 1. The van der Waals surface area contributed by atoms with Gasteiger partial charge in [-0.25, -0.2) is 9.07 Å². The third kappa shape index (κ3) is 3.38. The molecule has 1 unspecified atom stereocenters. The van der Waals surface area contributed by atoms with Crippen LogP contribution in [0.15, 0.2) is 29.4 Å². The predicted octanol–water partition coefficient (Wildman–Crippen LogP) is 2.27. The first-order valence-electron chi connectivity index (χ1n) is 6.64. The molecule has 110 valence electrons. The lowest BCUT2D eigenvalue weighted by molar-refractivity contribution is -0.115. The van der Waals surface area contributed by atoms with E-state index in [0.717, 1.165) is 12.8 Å². The van der Waals surface area contributed by atoms with E-state index in [-0.39, 0.29) is 17.0 Å². The monoisotopic (exact) mass is 307 g/mol. The zero-order valence-electron chi connectivity index (χ0n) is 11.4. The average Bonchev–Trinajstić information content (AvgIpc) is 3.19. The molecule has 6 nitrogen and oxygen atoms in total. The van der Waals surface area contributed by atoms with Crippen molar-refractivity contribution in [3.05, 3.63) is 30.1 Å². The van der Waals surface area contributed by atoms with Gasteiger partial charge in [-0.15, -0.1) is 5.10 Å². The van der Waals surface area contributed by atoms with E-state index in [1.165, 1.54) is 23.9 Å². The molecule has 1 N–H and O–H groups in total. The molecule has 0 spiro atoms. The van der Waals surface area contributed by atoms with Crippen molar-refractivity contribution in [2.75, 3.05) is 5.32 Å². The van der Waals surface area contributed by atoms with Gasteiger partial charge in [0.05, 0.1) is 11.3 Å². The van der Waals surface area contributed by atoms with Crippen LogP contribution in [0.4, 0.5) is 10.1 Å². The highest BCUT2D eigenvalue weighted by molar-refractivity contribution is 8.00. The molecule has 0 saturated heterocycles. The zero-order chi connectivity index (χ0) is 14.8. The molecule has 1 heterocycles. The van der Waals surface area contributed by atoms with Crippen LogP contribution in [0.3, 0.4) is 0 Å². The number of rotatable bonds is 5. The molecule has 8 heteroatoms. The van der Waals surface area contributed by atoms with Gasteiger partial charge in [-0.2, -0.15) is 0 Å². The Morgan fingerprint density at radius 3 is 3.05 bits per heavy atom. The third-order valence-electron chi connectivity index (χ3n) is 3.10. The first-order chi connectivity index (χ1) is 10.1. The third-order valence-corrected chi connectivity index (χ3v) is 4.15. The fraction of sp³-hybridized carbons (Fsp3) is 0.385. The molecule has 0 bridgehead atoms. The Labute approximate surface area is 125 Å². The predicted molar refractivity (Wildman–Crippen MR) is 76.4 cm³/mol. The summed E-state index contributed by atoms with van der Waals surface area (Å²) in [5, 5.41) is 14.5. The number of nitrogens with zero attached hydrogens (tertiary/aromatic N) is 4. The van der Waals surface area contributed by atoms with Gasteiger partial charge in [0.1, 0.15) is 5.82 Å². The van der Waals surface area contributed by atoms with Crippen LogP contribution in [0.2, 0.25) is 0 Å². The molecular weight excluding hydrogens is 293 g/mol. The molecule has 0 radical (unpaired) electrons. The molecule has 1 aromatic carbocycles. The SMILES string of the molecule is CC(Sc1nnnn1C1CC1)C(=O)Nc1cccc(F)c1. The highest BCUT2D eigenvalue weighted by atomic mass is 32.2. The number of aromatic nitrogens is 4. The molecule has 1 atom stereocenters. The second-order valence-electron chi connectivity index (χ2n) is 4.90. The lowest BCUT2D eigenvalue weighted by Gasteiger charge is -2.11. The maximum atomic E-state index is 13.1. The number of benzene rings is 1. The van der Waals surface area contributed by atoms with Crippen LogP contribution in [0, 0.1) is 5.82 Å².